The number of carbonyl (C=O) groups excluding carboxylic acids is 1. The van der Waals surface area contributed by atoms with Gasteiger partial charge in [0.1, 0.15) is 24.7 Å². The largest absolute Gasteiger partial charge is 0.490 e. The maximum absolute atomic E-state index is 11.7. The molecule has 1 amide bonds. The van der Waals surface area contributed by atoms with E-state index in [0.29, 0.717) is 23.9 Å². The smallest absolute Gasteiger partial charge is 0.264 e. The van der Waals surface area contributed by atoms with Gasteiger partial charge in [0.15, 0.2) is 5.17 Å². The van der Waals surface area contributed by atoms with E-state index in [0.717, 1.165) is 27.5 Å². The summed E-state index contributed by atoms with van der Waals surface area (Å²) in [6.07, 6.45) is 1.73. The van der Waals surface area contributed by atoms with Crippen LogP contribution in [0.4, 0.5) is 0 Å². The Labute approximate surface area is 158 Å². The Bertz CT molecular complexity index is 821. The van der Waals surface area contributed by atoms with Gasteiger partial charge in [-0.15, -0.1) is 0 Å². The van der Waals surface area contributed by atoms with E-state index in [4.69, 9.17) is 14.9 Å². The topological polar surface area (TPSA) is 71.4 Å². The molecule has 2 N–H and O–H groups in total. The molecule has 1 fully saturated rings. The summed E-state index contributed by atoms with van der Waals surface area (Å²) in [7, 11) is 0. The molecule has 5 nitrogen and oxygen atoms in total. The zero-order valence-electron chi connectivity index (χ0n) is 13.1. The zero-order chi connectivity index (χ0) is 17.6. The van der Waals surface area contributed by atoms with Crippen LogP contribution < -0.4 is 14.8 Å². The maximum atomic E-state index is 11.7. The summed E-state index contributed by atoms with van der Waals surface area (Å²) < 4.78 is 12.4. The molecule has 1 heterocycles. The molecule has 7 heteroatoms. The van der Waals surface area contributed by atoms with Crippen LogP contribution in [-0.2, 0) is 4.79 Å². The monoisotopic (exact) mass is 418 g/mol. The summed E-state index contributed by atoms with van der Waals surface area (Å²) >= 11 is 4.48. The quantitative estimate of drug-likeness (QED) is 0.548. The minimum Gasteiger partial charge on any atom is -0.490 e. The van der Waals surface area contributed by atoms with E-state index in [-0.39, 0.29) is 11.1 Å². The van der Waals surface area contributed by atoms with E-state index in [1.165, 1.54) is 0 Å². The third-order valence-electron chi connectivity index (χ3n) is 3.29. The van der Waals surface area contributed by atoms with Crippen molar-refractivity contribution in [3.63, 3.8) is 0 Å². The maximum Gasteiger partial charge on any atom is 0.264 e. The molecule has 1 saturated heterocycles. The van der Waals surface area contributed by atoms with Gasteiger partial charge in [0.2, 0.25) is 0 Å². The number of halogens is 1. The van der Waals surface area contributed by atoms with Crippen LogP contribution in [0.2, 0.25) is 0 Å². The lowest BCUT2D eigenvalue weighted by atomic mass is 10.2. The van der Waals surface area contributed by atoms with Crippen molar-refractivity contribution in [2.45, 2.75) is 0 Å². The van der Waals surface area contributed by atoms with Crippen LogP contribution in [0.1, 0.15) is 5.56 Å². The van der Waals surface area contributed by atoms with Crippen LogP contribution in [-0.4, -0.2) is 24.3 Å². The number of ether oxygens (including phenoxy) is 2. The Morgan fingerprint density at radius 2 is 1.80 bits per heavy atom. The molecule has 3 rings (SSSR count). The second-order valence-corrected chi connectivity index (χ2v) is 7.05. The van der Waals surface area contributed by atoms with Gasteiger partial charge in [0, 0.05) is 10.0 Å². The van der Waals surface area contributed by atoms with E-state index in [9.17, 15) is 4.79 Å². The first-order valence-corrected chi connectivity index (χ1v) is 9.12. The van der Waals surface area contributed by atoms with Crippen molar-refractivity contribution in [1.82, 2.24) is 5.32 Å². The van der Waals surface area contributed by atoms with Crippen molar-refractivity contribution >= 4 is 44.8 Å². The average molecular weight is 419 g/mol. The molecule has 2 aromatic carbocycles. The minimum atomic E-state index is -0.261. The molecule has 2 aromatic rings. The second kappa shape index (κ2) is 8.22. The number of rotatable bonds is 6. The third kappa shape index (κ3) is 4.87. The molecule has 0 atom stereocenters. The van der Waals surface area contributed by atoms with Gasteiger partial charge in [0.25, 0.3) is 5.91 Å². The first kappa shape index (κ1) is 17.6. The van der Waals surface area contributed by atoms with Crippen molar-refractivity contribution in [3.05, 3.63) is 63.5 Å². The fraction of sp³-hybridized carbons (Fsp3) is 0.111. The Kier molecular flexibility index (Phi) is 5.78. The van der Waals surface area contributed by atoms with Crippen LogP contribution in [0.25, 0.3) is 6.08 Å². The first-order chi connectivity index (χ1) is 12.1. The fourth-order valence-electron chi connectivity index (χ4n) is 2.16. The van der Waals surface area contributed by atoms with Gasteiger partial charge in [0.05, 0.1) is 4.91 Å². The number of hydrogen-bond acceptors (Lipinski definition) is 5. The number of para-hydroxylation sites is 1. The van der Waals surface area contributed by atoms with E-state index < -0.39 is 0 Å². The van der Waals surface area contributed by atoms with Gasteiger partial charge in [-0.1, -0.05) is 34.1 Å². The summed E-state index contributed by atoms with van der Waals surface area (Å²) in [4.78, 5) is 12.2. The third-order valence-corrected chi connectivity index (χ3v) is 4.65. The van der Waals surface area contributed by atoms with Crippen LogP contribution in [0, 0.1) is 5.41 Å². The molecule has 0 saturated carbocycles. The molecule has 0 aliphatic carbocycles. The van der Waals surface area contributed by atoms with Gasteiger partial charge < -0.3 is 14.8 Å². The fourth-order valence-corrected chi connectivity index (χ4v) is 3.11. The summed E-state index contributed by atoms with van der Waals surface area (Å²) in [5.74, 6) is 1.18. The average Bonchev–Trinajstić information content (AvgIpc) is 2.92. The number of amides is 1. The van der Waals surface area contributed by atoms with Crippen LogP contribution in [0.3, 0.4) is 0 Å². The number of nitrogens with one attached hydrogen (secondary N) is 2. The SMILES string of the molecule is N=C1NC(=O)/C(=C/c2ccccc2OCCOc2ccc(Br)cc2)S1. The predicted octanol–water partition coefficient (Wildman–Crippen LogP) is 4.05. The van der Waals surface area contributed by atoms with Crippen molar-refractivity contribution in [2.75, 3.05) is 13.2 Å². The number of benzene rings is 2. The van der Waals surface area contributed by atoms with Crippen LogP contribution in [0.15, 0.2) is 57.9 Å². The van der Waals surface area contributed by atoms with Crippen molar-refractivity contribution in [3.8, 4) is 11.5 Å². The highest BCUT2D eigenvalue weighted by molar-refractivity contribution is 9.10. The van der Waals surface area contributed by atoms with Gasteiger partial charge in [-0.3, -0.25) is 10.2 Å². The highest BCUT2D eigenvalue weighted by Gasteiger charge is 2.22. The number of hydrogen-bond donors (Lipinski definition) is 2. The van der Waals surface area contributed by atoms with Gasteiger partial charge in [-0.25, -0.2) is 0 Å². The second-order valence-electron chi connectivity index (χ2n) is 5.08. The molecule has 1 aliphatic rings. The summed E-state index contributed by atoms with van der Waals surface area (Å²) in [6, 6.07) is 15.1. The molecule has 0 spiro atoms. The number of thioether (sulfide) groups is 1. The molecule has 0 bridgehead atoms. The summed E-state index contributed by atoms with van der Waals surface area (Å²) in [6.45, 7) is 0.790. The van der Waals surface area contributed by atoms with E-state index in [2.05, 4.69) is 21.2 Å². The number of amidine groups is 1. The molecule has 0 radical (unpaired) electrons. The lowest BCUT2D eigenvalue weighted by molar-refractivity contribution is -0.115. The Morgan fingerprint density at radius 1 is 1.08 bits per heavy atom. The highest BCUT2D eigenvalue weighted by Crippen LogP contribution is 2.28. The zero-order valence-corrected chi connectivity index (χ0v) is 15.5. The summed E-state index contributed by atoms with van der Waals surface area (Å²) in [5, 5.41) is 10.1. The van der Waals surface area contributed by atoms with Crippen molar-refractivity contribution < 1.29 is 14.3 Å². The Hall–Kier alpha value is -2.25. The van der Waals surface area contributed by atoms with E-state index >= 15 is 0 Å². The Balaban J connectivity index is 1.59. The number of carbonyl (C=O) groups is 1. The standard InChI is InChI=1S/C18H15BrN2O3S/c19-13-5-7-14(8-6-13)23-9-10-24-15-4-2-1-3-12(15)11-16-17(22)21-18(20)25-16/h1-8,11H,9-10H2,(H2,20,21,22)/b16-11-. The van der Waals surface area contributed by atoms with Crippen LogP contribution in [0.5, 0.6) is 11.5 Å². The first-order valence-electron chi connectivity index (χ1n) is 7.51. The molecule has 25 heavy (non-hydrogen) atoms. The van der Waals surface area contributed by atoms with E-state index in [1.54, 1.807) is 6.08 Å². The molecular weight excluding hydrogens is 404 g/mol. The highest BCUT2D eigenvalue weighted by atomic mass is 79.9. The molecule has 0 unspecified atom stereocenters. The Morgan fingerprint density at radius 3 is 2.52 bits per heavy atom. The summed E-state index contributed by atoms with van der Waals surface area (Å²) in [5.41, 5.74) is 0.790. The molecule has 128 valence electrons. The minimum absolute atomic E-state index is 0.137. The van der Waals surface area contributed by atoms with Gasteiger partial charge >= 0.3 is 0 Å². The van der Waals surface area contributed by atoms with Crippen LogP contribution >= 0.6 is 27.7 Å². The van der Waals surface area contributed by atoms with E-state index in [1.807, 2.05) is 48.5 Å². The lowest BCUT2D eigenvalue weighted by Crippen LogP contribution is -2.18. The molecular formula is C18H15BrN2O3S. The van der Waals surface area contributed by atoms with Gasteiger partial charge in [-0.05, 0) is 48.2 Å². The van der Waals surface area contributed by atoms with Crippen molar-refractivity contribution in [1.29, 1.82) is 5.41 Å². The normalized spacial score (nSPS) is 15.3. The molecule has 1 aliphatic heterocycles. The predicted molar refractivity (Wildman–Crippen MR) is 103 cm³/mol. The van der Waals surface area contributed by atoms with Gasteiger partial charge in [-0.2, -0.15) is 0 Å². The lowest BCUT2D eigenvalue weighted by Gasteiger charge is -2.10. The molecule has 0 aromatic heterocycles. The van der Waals surface area contributed by atoms with Crippen molar-refractivity contribution in [2.24, 2.45) is 0 Å².